The van der Waals surface area contributed by atoms with Gasteiger partial charge in [0.1, 0.15) is 0 Å². The van der Waals surface area contributed by atoms with Crippen LogP contribution in [-0.4, -0.2) is 12.8 Å². The van der Waals surface area contributed by atoms with Crippen molar-refractivity contribution in [2.24, 2.45) is 0 Å². The fraction of sp³-hybridized carbons (Fsp3) is 0.0667. The minimum Gasteiger partial charge on any atom is -0.388 e. The Morgan fingerprint density at radius 3 is 2.67 bits per heavy atom. The van der Waals surface area contributed by atoms with Gasteiger partial charge in [0.05, 0.1) is 17.3 Å². The van der Waals surface area contributed by atoms with Gasteiger partial charge in [-0.3, -0.25) is 5.41 Å². The van der Waals surface area contributed by atoms with Crippen molar-refractivity contribution >= 4 is 11.4 Å². The van der Waals surface area contributed by atoms with Crippen LogP contribution in [0.15, 0.2) is 48.5 Å². The standard InChI is InChI=1S/C15H13N3/c1-18-14-8-3-2-7-13(14)15(17)12-6-4-5-11(9-12)10-16/h2-9,17-18H,1H3. The molecule has 3 heteroatoms. The Bertz CT molecular complexity index is 624. The van der Waals surface area contributed by atoms with Gasteiger partial charge in [-0.2, -0.15) is 5.26 Å². The predicted octanol–water partition coefficient (Wildman–Crippen LogP) is 3.02. The molecule has 0 atom stereocenters. The molecule has 0 spiro atoms. The van der Waals surface area contributed by atoms with E-state index in [0.717, 1.165) is 16.8 Å². The quantitative estimate of drug-likeness (QED) is 0.803. The molecule has 0 bridgehead atoms. The van der Waals surface area contributed by atoms with Gasteiger partial charge in [0.25, 0.3) is 0 Å². The molecule has 0 heterocycles. The maximum Gasteiger partial charge on any atom is 0.0991 e. The van der Waals surface area contributed by atoms with E-state index >= 15 is 0 Å². The summed E-state index contributed by atoms with van der Waals surface area (Å²) in [6.45, 7) is 0. The number of benzene rings is 2. The molecular weight excluding hydrogens is 222 g/mol. The van der Waals surface area contributed by atoms with Gasteiger partial charge in [0.2, 0.25) is 0 Å². The second-order valence-corrected chi connectivity index (χ2v) is 3.86. The first-order valence-corrected chi connectivity index (χ1v) is 5.62. The lowest BCUT2D eigenvalue weighted by Gasteiger charge is -2.10. The van der Waals surface area contributed by atoms with Crippen LogP contribution in [0.3, 0.4) is 0 Å². The average Bonchev–Trinajstić information content (AvgIpc) is 2.46. The summed E-state index contributed by atoms with van der Waals surface area (Å²) in [4.78, 5) is 0. The smallest absolute Gasteiger partial charge is 0.0991 e. The normalized spacial score (nSPS) is 9.56. The van der Waals surface area contributed by atoms with Crippen molar-refractivity contribution in [3.05, 3.63) is 65.2 Å². The third kappa shape index (κ3) is 2.23. The van der Waals surface area contributed by atoms with Crippen LogP contribution in [0.4, 0.5) is 5.69 Å². The van der Waals surface area contributed by atoms with Crippen LogP contribution in [0.5, 0.6) is 0 Å². The molecule has 88 valence electrons. The lowest BCUT2D eigenvalue weighted by Crippen LogP contribution is -2.05. The first kappa shape index (κ1) is 11.9. The molecule has 2 aromatic carbocycles. The highest BCUT2D eigenvalue weighted by atomic mass is 14.8. The van der Waals surface area contributed by atoms with Gasteiger partial charge in [-0.1, -0.05) is 30.3 Å². The molecule has 2 rings (SSSR count). The van der Waals surface area contributed by atoms with Crippen molar-refractivity contribution in [2.75, 3.05) is 12.4 Å². The summed E-state index contributed by atoms with van der Waals surface area (Å²) in [5.41, 5.74) is 3.47. The van der Waals surface area contributed by atoms with Crippen molar-refractivity contribution in [1.82, 2.24) is 0 Å². The van der Waals surface area contributed by atoms with Gasteiger partial charge in [-0.05, 0) is 18.2 Å². The first-order valence-electron chi connectivity index (χ1n) is 5.62. The minimum atomic E-state index is 0.414. The van der Waals surface area contributed by atoms with Crippen LogP contribution in [0.25, 0.3) is 0 Å². The minimum absolute atomic E-state index is 0.414. The molecule has 0 aliphatic carbocycles. The zero-order valence-corrected chi connectivity index (χ0v) is 10.1. The highest BCUT2D eigenvalue weighted by Crippen LogP contribution is 2.19. The SMILES string of the molecule is CNc1ccccc1C(=N)c1cccc(C#N)c1. The molecule has 0 saturated heterocycles. The van der Waals surface area contributed by atoms with Crippen molar-refractivity contribution < 1.29 is 0 Å². The van der Waals surface area contributed by atoms with Crippen LogP contribution in [0, 0.1) is 16.7 Å². The third-order valence-electron chi connectivity index (χ3n) is 2.75. The van der Waals surface area contributed by atoms with Gasteiger partial charge in [-0.15, -0.1) is 0 Å². The van der Waals surface area contributed by atoms with Crippen molar-refractivity contribution in [3.8, 4) is 6.07 Å². The Kier molecular flexibility index (Phi) is 3.40. The van der Waals surface area contributed by atoms with Crippen molar-refractivity contribution in [1.29, 1.82) is 10.7 Å². The number of nitrogens with one attached hydrogen (secondary N) is 2. The average molecular weight is 235 g/mol. The molecule has 2 aromatic rings. The van der Waals surface area contributed by atoms with Gasteiger partial charge >= 0.3 is 0 Å². The molecule has 0 saturated carbocycles. The van der Waals surface area contributed by atoms with Gasteiger partial charge in [-0.25, -0.2) is 0 Å². The second-order valence-electron chi connectivity index (χ2n) is 3.86. The fourth-order valence-corrected chi connectivity index (χ4v) is 1.82. The Morgan fingerprint density at radius 1 is 1.17 bits per heavy atom. The van der Waals surface area contributed by atoms with E-state index in [1.807, 2.05) is 37.4 Å². The van der Waals surface area contributed by atoms with E-state index in [1.54, 1.807) is 18.2 Å². The van der Waals surface area contributed by atoms with E-state index in [9.17, 15) is 0 Å². The molecule has 0 fully saturated rings. The number of hydrogen-bond donors (Lipinski definition) is 2. The number of para-hydroxylation sites is 1. The Morgan fingerprint density at radius 2 is 1.94 bits per heavy atom. The van der Waals surface area contributed by atoms with E-state index in [2.05, 4.69) is 11.4 Å². The maximum absolute atomic E-state index is 8.88. The Balaban J connectivity index is 2.45. The summed E-state index contributed by atoms with van der Waals surface area (Å²) >= 11 is 0. The second kappa shape index (κ2) is 5.15. The van der Waals surface area contributed by atoms with E-state index in [4.69, 9.17) is 10.7 Å². The van der Waals surface area contributed by atoms with E-state index < -0.39 is 0 Å². The summed E-state index contributed by atoms with van der Waals surface area (Å²) < 4.78 is 0. The highest BCUT2D eigenvalue weighted by Gasteiger charge is 2.09. The molecule has 0 aliphatic rings. The van der Waals surface area contributed by atoms with E-state index in [0.29, 0.717) is 11.3 Å². The zero-order chi connectivity index (χ0) is 13.0. The topological polar surface area (TPSA) is 59.7 Å². The van der Waals surface area contributed by atoms with Gasteiger partial charge in [0, 0.05) is 23.9 Å². The van der Waals surface area contributed by atoms with Crippen LogP contribution in [0.2, 0.25) is 0 Å². The number of hydrogen-bond acceptors (Lipinski definition) is 3. The van der Waals surface area contributed by atoms with Gasteiger partial charge < -0.3 is 5.32 Å². The summed E-state index contributed by atoms with van der Waals surface area (Å²) in [5.74, 6) is 0. The highest BCUT2D eigenvalue weighted by molar-refractivity contribution is 6.14. The molecule has 18 heavy (non-hydrogen) atoms. The summed E-state index contributed by atoms with van der Waals surface area (Å²) in [6.07, 6.45) is 0. The van der Waals surface area contributed by atoms with E-state index in [-0.39, 0.29) is 0 Å². The van der Waals surface area contributed by atoms with Crippen LogP contribution in [0.1, 0.15) is 16.7 Å². The van der Waals surface area contributed by atoms with E-state index in [1.165, 1.54) is 0 Å². The lowest BCUT2D eigenvalue weighted by atomic mass is 9.99. The third-order valence-corrected chi connectivity index (χ3v) is 2.75. The van der Waals surface area contributed by atoms with Gasteiger partial charge in [0.15, 0.2) is 0 Å². The molecule has 0 aromatic heterocycles. The van der Waals surface area contributed by atoms with Crippen LogP contribution < -0.4 is 5.32 Å². The number of rotatable bonds is 3. The maximum atomic E-state index is 8.88. The first-order chi connectivity index (χ1) is 8.76. The number of nitriles is 1. The molecule has 0 unspecified atom stereocenters. The largest absolute Gasteiger partial charge is 0.388 e. The predicted molar refractivity (Wildman–Crippen MR) is 73.1 cm³/mol. The zero-order valence-electron chi connectivity index (χ0n) is 10.1. The fourth-order valence-electron chi connectivity index (χ4n) is 1.82. The molecule has 3 nitrogen and oxygen atoms in total. The summed E-state index contributed by atoms with van der Waals surface area (Å²) in [7, 11) is 1.83. The molecule has 0 aliphatic heterocycles. The Labute approximate surface area is 106 Å². The summed E-state index contributed by atoms with van der Waals surface area (Å²) in [6, 6.07) is 16.8. The monoisotopic (exact) mass is 235 g/mol. The molecule has 0 radical (unpaired) electrons. The van der Waals surface area contributed by atoms with Crippen molar-refractivity contribution in [2.45, 2.75) is 0 Å². The molecule has 0 amide bonds. The lowest BCUT2D eigenvalue weighted by molar-refractivity contribution is 1.42. The van der Waals surface area contributed by atoms with Crippen molar-refractivity contribution in [3.63, 3.8) is 0 Å². The summed E-state index contributed by atoms with van der Waals surface area (Å²) in [5, 5.41) is 20.2. The number of anilines is 1. The Hall–Kier alpha value is -2.60. The molecular formula is C15H13N3. The number of nitrogens with zero attached hydrogens (tertiary/aromatic N) is 1. The van der Waals surface area contributed by atoms with Crippen LogP contribution in [-0.2, 0) is 0 Å². The van der Waals surface area contributed by atoms with Crippen LogP contribution >= 0.6 is 0 Å². The molecule has 2 N–H and O–H groups in total.